The third kappa shape index (κ3) is 5.96. The first-order valence-electron chi connectivity index (χ1n) is 4.31. The number of likely N-dealkylation sites (N-methyl/N-ethyl adjacent to an activating group) is 1. The summed E-state index contributed by atoms with van der Waals surface area (Å²) in [5.74, 6) is -0.191. The molecular weight excluding hydrogens is 195 g/mol. The maximum absolute atomic E-state index is 11.9. The van der Waals surface area contributed by atoms with Gasteiger partial charge >= 0.3 is 6.18 Å². The second-order valence-corrected chi connectivity index (χ2v) is 4.46. The third-order valence-corrected chi connectivity index (χ3v) is 1.70. The number of carbonyl (C=O) groups excluding carboxylic acids is 1. The van der Waals surface area contributed by atoms with Crippen molar-refractivity contribution in [3.05, 3.63) is 0 Å². The fourth-order valence-corrected chi connectivity index (χ4v) is 0.844. The summed E-state index contributed by atoms with van der Waals surface area (Å²) in [6.07, 6.45) is -4.24. The summed E-state index contributed by atoms with van der Waals surface area (Å²) < 4.78 is 35.7. The van der Waals surface area contributed by atoms with E-state index in [0.717, 1.165) is 4.90 Å². The van der Waals surface area contributed by atoms with Crippen LogP contribution in [0.5, 0.6) is 0 Å². The van der Waals surface area contributed by atoms with Crippen molar-refractivity contribution >= 4 is 5.78 Å². The van der Waals surface area contributed by atoms with Crippen LogP contribution in [0.2, 0.25) is 0 Å². The Morgan fingerprint density at radius 3 is 1.93 bits per heavy atom. The highest BCUT2D eigenvalue weighted by atomic mass is 19.4. The van der Waals surface area contributed by atoms with Crippen molar-refractivity contribution in [3.63, 3.8) is 0 Å². The number of ketones is 1. The second kappa shape index (κ2) is 4.29. The van der Waals surface area contributed by atoms with Crippen molar-refractivity contribution in [3.8, 4) is 0 Å². The third-order valence-electron chi connectivity index (χ3n) is 1.70. The summed E-state index contributed by atoms with van der Waals surface area (Å²) in [6.45, 7) is 3.86. The maximum Gasteiger partial charge on any atom is 0.401 e. The van der Waals surface area contributed by atoms with Crippen LogP contribution in [-0.4, -0.2) is 37.0 Å². The molecule has 0 radical (unpaired) electrons. The summed E-state index contributed by atoms with van der Waals surface area (Å²) in [5, 5.41) is 0. The molecule has 0 N–H and O–H groups in total. The van der Waals surface area contributed by atoms with E-state index in [4.69, 9.17) is 0 Å². The van der Waals surface area contributed by atoms with Gasteiger partial charge in [0.15, 0.2) is 5.78 Å². The van der Waals surface area contributed by atoms with E-state index in [1.807, 2.05) is 0 Å². The first kappa shape index (κ1) is 13.4. The molecule has 14 heavy (non-hydrogen) atoms. The standard InChI is InChI=1S/C9H16F3NO/c1-8(2,3)7(14)5-13(4)6-9(10,11)12/h5-6H2,1-4H3. The van der Waals surface area contributed by atoms with Gasteiger partial charge < -0.3 is 0 Å². The second-order valence-electron chi connectivity index (χ2n) is 4.46. The predicted octanol–water partition coefficient (Wildman–Crippen LogP) is 2.10. The topological polar surface area (TPSA) is 20.3 Å². The first-order valence-corrected chi connectivity index (χ1v) is 4.31. The lowest BCUT2D eigenvalue weighted by molar-refractivity contribution is -0.147. The monoisotopic (exact) mass is 211 g/mol. The summed E-state index contributed by atoms with van der Waals surface area (Å²) >= 11 is 0. The average molecular weight is 211 g/mol. The molecule has 0 amide bonds. The maximum atomic E-state index is 11.9. The number of hydrogen-bond acceptors (Lipinski definition) is 2. The zero-order valence-electron chi connectivity index (χ0n) is 8.90. The highest BCUT2D eigenvalue weighted by molar-refractivity contribution is 5.85. The zero-order valence-corrected chi connectivity index (χ0v) is 8.90. The summed E-state index contributed by atoms with van der Waals surface area (Å²) in [6, 6.07) is 0. The van der Waals surface area contributed by atoms with Crippen LogP contribution in [0.3, 0.4) is 0 Å². The van der Waals surface area contributed by atoms with Gasteiger partial charge in [0.05, 0.1) is 13.1 Å². The molecule has 0 unspecified atom stereocenters. The van der Waals surface area contributed by atoms with E-state index in [1.54, 1.807) is 20.8 Å². The lowest BCUT2D eigenvalue weighted by Crippen LogP contribution is -2.38. The van der Waals surface area contributed by atoms with Crippen LogP contribution in [0.4, 0.5) is 13.2 Å². The normalized spacial score (nSPS) is 13.4. The molecule has 0 saturated heterocycles. The van der Waals surface area contributed by atoms with Gasteiger partial charge in [-0.25, -0.2) is 0 Å². The zero-order chi connectivity index (χ0) is 11.6. The van der Waals surface area contributed by atoms with Crippen molar-refractivity contribution in [1.29, 1.82) is 0 Å². The number of rotatable bonds is 3. The van der Waals surface area contributed by atoms with Gasteiger partial charge in [-0.2, -0.15) is 13.2 Å². The molecule has 0 aliphatic rings. The first-order chi connectivity index (χ1) is 6.02. The van der Waals surface area contributed by atoms with Crippen LogP contribution in [0.25, 0.3) is 0 Å². The molecule has 0 saturated carbocycles. The quantitative estimate of drug-likeness (QED) is 0.712. The number of hydrogen-bond donors (Lipinski definition) is 0. The summed E-state index contributed by atoms with van der Waals surface area (Å²) in [4.78, 5) is 12.3. The van der Waals surface area contributed by atoms with E-state index in [0.29, 0.717) is 0 Å². The number of halogens is 3. The molecule has 0 bridgehead atoms. The molecule has 84 valence electrons. The van der Waals surface area contributed by atoms with Gasteiger partial charge in [0.2, 0.25) is 0 Å². The molecule has 0 aromatic heterocycles. The van der Waals surface area contributed by atoms with Crippen LogP contribution in [-0.2, 0) is 4.79 Å². The highest BCUT2D eigenvalue weighted by Crippen LogP contribution is 2.18. The van der Waals surface area contributed by atoms with Crippen molar-refractivity contribution < 1.29 is 18.0 Å². The Balaban J connectivity index is 4.09. The molecule has 0 fully saturated rings. The summed E-state index contributed by atoms with van der Waals surface area (Å²) in [5.41, 5.74) is -0.583. The molecule has 5 heteroatoms. The highest BCUT2D eigenvalue weighted by Gasteiger charge is 2.31. The van der Waals surface area contributed by atoms with E-state index in [9.17, 15) is 18.0 Å². The molecule has 0 aromatic carbocycles. The van der Waals surface area contributed by atoms with E-state index < -0.39 is 18.1 Å². The van der Waals surface area contributed by atoms with E-state index in [-0.39, 0.29) is 12.3 Å². The number of alkyl halides is 3. The van der Waals surface area contributed by atoms with Gasteiger partial charge in [0, 0.05) is 5.41 Å². The number of carbonyl (C=O) groups is 1. The lowest BCUT2D eigenvalue weighted by atomic mass is 9.90. The fourth-order valence-electron chi connectivity index (χ4n) is 0.844. The van der Waals surface area contributed by atoms with E-state index in [2.05, 4.69) is 0 Å². The Morgan fingerprint density at radius 2 is 1.64 bits per heavy atom. The van der Waals surface area contributed by atoms with Crippen LogP contribution in [0.15, 0.2) is 0 Å². The largest absolute Gasteiger partial charge is 0.401 e. The number of Topliss-reactive ketones (excluding diaryl/α,β-unsaturated/α-hetero) is 1. The SMILES string of the molecule is CN(CC(=O)C(C)(C)C)CC(F)(F)F. The predicted molar refractivity (Wildman–Crippen MR) is 48.0 cm³/mol. The Labute approximate surface area is 82.1 Å². The van der Waals surface area contributed by atoms with Crippen molar-refractivity contribution in [2.24, 2.45) is 5.41 Å². The molecule has 0 rings (SSSR count). The van der Waals surface area contributed by atoms with Crippen molar-refractivity contribution in [2.45, 2.75) is 26.9 Å². The Kier molecular flexibility index (Phi) is 4.12. The minimum atomic E-state index is -4.24. The van der Waals surface area contributed by atoms with Crippen molar-refractivity contribution in [1.82, 2.24) is 4.90 Å². The van der Waals surface area contributed by atoms with Crippen LogP contribution < -0.4 is 0 Å². The van der Waals surface area contributed by atoms with E-state index in [1.165, 1.54) is 7.05 Å². The molecular formula is C9H16F3NO. The lowest BCUT2D eigenvalue weighted by Gasteiger charge is -2.22. The molecule has 0 aliphatic carbocycles. The molecule has 0 heterocycles. The van der Waals surface area contributed by atoms with Gasteiger partial charge in [-0.1, -0.05) is 20.8 Å². The van der Waals surface area contributed by atoms with Gasteiger partial charge in [0.25, 0.3) is 0 Å². The van der Waals surface area contributed by atoms with Crippen LogP contribution in [0, 0.1) is 5.41 Å². The number of nitrogens with zero attached hydrogens (tertiary/aromatic N) is 1. The fraction of sp³-hybridized carbons (Fsp3) is 0.889. The van der Waals surface area contributed by atoms with Gasteiger partial charge in [-0.3, -0.25) is 9.69 Å². The van der Waals surface area contributed by atoms with E-state index >= 15 is 0 Å². The minimum Gasteiger partial charge on any atom is -0.298 e. The molecule has 0 aromatic rings. The minimum absolute atomic E-state index is 0.164. The average Bonchev–Trinajstić information content (AvgIpc) is 1.79. The van der Waals surface area contributed by atoms with Gasteiger partial charge in [-0.15, -0.1) is 0 Å². The molecule has 2 nitrogen and oxygen atoms in total. The van der Waals surface area contributed by atoms with Crippen molar-refractivity contribution in [2.75, 3.05) is 20.1 Å². The Bertz CT molecular complexity index is 205. The van der Waals surface area contributed by atoms with Crippen LogP contribution >= 0.6 is 0 Å². The smallest absolute Gasteiger partial charge is 0.298 e. The van der Waals surface area contributed by atoms with Gasteiger partial charge in [-0.05, 0) is 7.05 Å². The summed E-state index contributed by atoms with van der Waals surface area (Å²) in [7, 11) is 1.29. The molecule has 0 atom stereocenters. The van der Waals surface area contributed by atoms with Gasteiger partial charge in [0.1, 0.15) is 0 Å². The Hall–Kier alpha value is -0.580. The van der Waals surface area contributed by atoms with Crippen LogP contribution in [0.1, 0.15) is 20.8 Å². The Morgan fingerprint density at radius 1 is 1.21 bits per heavy atom. The molecule has 0 aliphatic heterocycles. The molecule has 0 spiro atoms.